The van der Waals surface area contributed by atoms with Crippen molar-refractivity contribution in [3.05, 3.63) is 16.5 Å². The Balaban J connectivity index is 2.10. The molecule has 1 aliphatic carbocycles. The molecule has 0 radical (unpaired) electrons. The van der Waals surface area contributed by atoms with Crippen LogP contribution in [0, 0.1) is 19.8 Å². The summed E-state index contributed by atoms with van der Waals surface area (Å²) in [5.41, 5.74) is 1.74. The van der Waals surface area contributed by atoms with E-state index in [1.807, 2.05) is 13.8 Å². The van der Waals surface area contributed by atoms with Gasteiger partial charge < -0.3 is 4.74 Å². The molecule has 1 fully saturated rings. The summed E-state index contributed by atoms with van der Waals surface area (Å²) in [5, 5.41) is 0.381. The molecule has 0 saturated heterocycles. The van der Waals surface area contributed by atoms with Gasteiger partial charge >= 0.3 is 0 Å². The largest absolute Gasteiger partial charge is 0.472 e. The minimum atomic E-state index is 0.243. The lowest BCUT2D eigenvalue weighted by molar-refractivity contribution is 0.123. The molecule has 17 heavy (non-hydrogen) atoms. The van der Waals surface area contributed by atoms with Crippen molar-refractivity contribution in [2.24, 2.45) is 5.92 Å². The molecule has 0 aromatic carbocycles. The van der Waals surface area contributed by atoms with Gasteiger partial charge in [0.1, 0.15) is 6.10 Å². The molecule has 2 rings (SSSR count). The topological polar surface area (TPSA) is 35.0 Å². The Morgan fingerprint density at radius 3 is 2.59 bits per heavy atom. The Labute approximate surface area is 108 Å². The molecule has 94 valence electrons. The highest BCUT2D eigenvalue weighted by Crippen LogP contribution is 2.29. The second-order valence-corrected chi connectivity index (χ2v) is 5.36. The maximum atomic E-state index is 6.06. The van der Waals surface area contributed by atoms with Crippen LogP contribution in [0.2, 0.25) is 5.15 Å². The van der Waals surface area contributed by atoms with E-state index >= 15 is 0 Å². The first-order chi connectivity index (χ1) is 8.06. The van der Waals surface area contributed by atoms with Gasteiger partial charge in [0.2, 0.25) is 0 Å². The zero-order valence-electron chi connectivity index (χ0n) is 10.7. The van der Waals surface area contributed by atoms with Crippen molar-refractivity contribution in [3.63, 3.8) is 0 Å². The molecule has 0 aliphatic heterocycles. The van der Waals surface area contributed by atoms with Crippen molar-refractivity contribution >= 4 is 11.6 Å². The van der Waals surface area contributed by atoms with Gasteiger partial charge in [0, 0.05) is 0 Å². The van der Waals surface area contributed by atoms with Crippen LogP contribution < -0.4 is 4.74 Å². The number of aryl methyl sites for hydroxylation is 2. The highest BCUT2D eigenvalue weighted by atomic mass is 35.5. The molecule has 3 nitrogen and oxygen atoms in total. The summed E-state index contributed by atoms with van der Waals surface area (Å²) in [6.45, 7) is 6.10. The lowest BCUT2D eigenvalue weighted by Crippen LogP contribution is -2.24. The monoisotopic (exact) mass is 254 g/mol. The summed E-state index contributed by atoms with van der Waals surface area (Å²) in [6.07, 6.45) is 4.95. The molecule has 1 aromatic heterocycles. The number of hydrogen-bond acceptors (Lipinski definition) is 3. The molecule has 2 atom stereocenters. The Morgan fingerprint density at radius 2 is 1.88 bits per heavy atom. The smallest absolute Gasteiger partial charge is 0.252 e. The summed E-state index contributed by atoms with van der Waals surface area (Å²) >= 11 is 6.06. The number of nitrogens with zero attached hydrogens (tertiary/aromatic N) is 2. The molecule has 1 aromatic rings. The summed E-state index contributed by atoms with van der Waals surface area (Å²) < 4.78 is 5.89. The van der Waals surface area contributed by atoms with Gasteiger partial charge in [-0.2, -0.15) is 0 Å². The molecule has 0 N–H and O–H groups in total. The van der Waals surface area contributed by atoms with E-state index in [0.29, 0.717) is 11.0 Å². The maximum Gasteiger partial charge on any atom is 0.252 e. The van der Waals surface area contributed by atoms with Crippen LogP contribution in [0.1, 0.15) is 44.0 Å². The third kappa shape index (κ3) is 3.09. The van der Waals surface area contributed by atoms with Gasteiger partial charge in [-0.15, -0.1) is 0 Å². The predicted octanol–water partition coefficient (Wildman–Crippen LogP) is 3.70. The molecule has 1 heterocycles. The Kier molecular flexibility index (Phi) is 3.87. The van der Waals surface area contributed by atoms with Crippen LogP contribution in [0.4, 0.5) is 0 Å². The molecular weight excluding hydrogens is 236 g/mol. The molecule has 4 heteroatoms. The van der Waals surface area contributed by atoms with E-state index < -0.39 is 0 Å². The Hall–Kier alpha value is -0.830. The summed E-state index contributed by atoms with van der Waals surface area (Å²) in [6, 6.07) is 0. The average molecular weight is 255 g/mol. The maximum absolute atomic E-state index is 6.06. The lowest BCUT2D eigenvalue weighted by atomic mass is 9.89. The number of rotatable bonds is 2. The molecule has 1 aliphatic rings. The van der Waals surface area contributed by atoms with Crippen molar-refractivity contribution < 1.29 is 4.74 Å². The van der Waals surface area contributed by atoms with Crippen LogP contribution in [-0.4, -0.2) is 16.1 Å². The fourth-order valence-corrected chi connectivity index (χ4v) is 2.49. The van der Waals surface area contributed by atoms with Crippen LogP contribution in [0.15, 0.2) is 0 Å². The summed E-state index contributed by atoms with van der Waals surface area (Å²) in [5.74, 6) is 1.22. The van der Waals surface area contributed by atoms with Gasteiger partial charge in [-0.3, -0.25) is 0 Å². The van der Waals surface area contributed by atoms with Crippen LogP contribution in [0.5, 0.6) is 5.88 Å². The van der Waals surface area contributed by atoms with Gasteiger partial charge in [0.15, 0.2) is 5.15 Å². The zero-order valence-corrected chi connectivity index (χ0v) is 11.4. The minimum Gasteiger partial charge on any atom is -0.472 e. The van der Waals surface area contributed by atoms with E-state index in [4.69, 9.17) is 16.3 Å². The number of aromatic nitrogens is 2. The quantitative estimate of drug-likeness (QED) is 0.807. The summed E-state index contributed by atoms with van der Waals surface area (Å²) in [4.78, 5) is 8.61. The van der Waals surface area contributed by atoms with Crippen molar-refractivity contribution in [2.75, 3.05) is 0 Å². The zero-order chi connectivity index (χ0) is 12.4. The standard InChI is InChI=1S/C13H19ClN2O/c1-8-5-4-6-11(7-8)17-13-12(14)15-9(2)10(3)16-13/h8,11H,4-7H2,1-3H3. The number of halogens is 1. The SMILES string of the molecule is Cc1nc(Cl)c(OC2CCCC(C)C2)nc1C. The van der Waals surface area contributed by atoms with Gasteiger partial charge in [0.25, 0.3) is 5.88 Å². The van der Waals surface area contributed by atoms with Gasteiger partial charge in [-0.05, 0) is 39.0 Å². The first-order valence-electron chi connectivity index (χ1n) is 6.23. The van der Waals surface area contributed by atoms with Crippen LogP contribution in [-0.2, 0) is 0 Å². The number of ether oxygens (including phenoxy) is 1. The van der Waals surface area contributed by atoms with Gasteiger partial charge in [-0.25, -0.2) is 9.97 Å². The van der Waals surface area contributed by atoms with E-state index in [2.05, 4.69) is 16.9 Å². The average Bonchev–Trinajstić information content (AvgIpc) is 2.26. The molecule has 0 amide bonds. The summed E-state index contributed by atoms with van der Waals surface area (Å²) in [7, 11) is 0. The highest BCUT2D eigenvalue weighted by Gasteiger charge is 2.22. The van der Waals surface area contributed by atoms with E-state index in [1.54, 1.807) is 0 Å². The Bertz CT molecular complexity index is 409. The fourth-order valence-electron chi connectivity index (χ4n) is 2.27. The second-order valence-electron chi connectivity index (χ2n) is 5.00. The third-order valence-electron chi connectivity index (χ3n) is 3.40. The normalized spacial score (nSPS) is 24.7. The first-order valence-corrected chi connectivity index (χ1v) is 6.61. The molecular formula is C13H19ClN2O. The lowest BCUT2D eigenvalue weighted by Gasteiger charge is -2.27. The highest BCUT2D eigenvalue weighted by molar-refractivity contribution is 6.30. The predicted molar refractivity (Wildman–Crippen MR) is 68.6 cm³/mol. The first kappa shape index (κ1) is 12.6. The van der Waals surface area contributed by atoms with Crippen molar-refractivity contribution in [1.29, 1.82) is 0 Å². The van der Waals surface area contributed by atoms with Crippen LogP contribution >= 0.6 is 11.6 Å². The van der Waals surface area contributed by atoms with E-state index in [1.165, 1.54) is 12.8 Å². The third-order valence-corrected chi connectivity index (χ3v) is 3.65. The molecule has 0 spiro atoms. The molecule has 0 bridgehead atoms. The van der Waals surface area contributed by atoms with Crippen LogP contribution in [0.3, 0.4) is 0 Å². The Morgan fingerprint density at radius 1 is 1.18 bits per heavy atom. The molecule has 1 saturated carbocycles. The van der Waals surface area contributed by atoms with Crippen molar-refractivity contribution in [1.82, 2.24) is 9.97 Å². The van der Waals surface area contributed by atoms with Crippen molar-refractivity contribution in [2.45, 2.75) is 52.6 Å². The van der Waals surface area contributed by atoms with E-state index in [9.17, 15) is 0 Å². The van der Waals surface area contributed by atoms with Crippen LogP contribution in [0.25, 0.3) is 0 Å². The number of hydrogen-bond donors (Lipinski definition) is 0. The van der Waals surface area contributed by atoms with E-state index in [0.717, 1.165) is 30.1 Å². The molecule has 2 unspecified atom stereocenters. The fraction of sp³-hybridized carbons (Fsp3) is 0.692. The van der Waals surface area contributed by atoms with Gasteiger partial charge in [0.05, 0.1) is 11.4 Å². The second kappa shape index (κ2) is 5.21. The van der Waals surface area contributed by atoms with E-state index in [-0.39, 0.29) is 6.10 Å². The van der Waals surface area contributed by atoms with Gasteiger partial charge in [-0.1, -0.05) is 24.9 Å². The minimum absolute atomic E-state index is 0.243. The van der Waals surface area contributed by atoms with Crippen molar-refractivity contribution in [3.8, 4) is 5.88 Å².